The van der Waals surface area contributed by atoms with Crippen LogP contribution in [0.1, 0.15) is 23.7 Å². The molecule has 2 aliphatic heterocycles. The van der Waals surface area contributed by atoms with E-state index in [0.717, 1.165) is 31.8 Å². The summed E-state index contributed by atoms with van der Waals surface area (Å²) >= 11 is 0. The summed E-state index contributed by atoms with van der Waals surface area (Å²) in [4.78, 5) is 3.33. The molecule has 0 aliphatic carbocycles. The predicted octanol–water partition coefficient (Wildman–Crippen LogP) is 2.56. The molecule has 3 heteroatoms. The lowest BCUT2D eigenvalue weighted by molar-refractivity contribution is 0.0293. The molecule has 82 valence electrons. The first-order valence-corrected chi connectivity index (χ1v) is 5.81. The van der Waals surface area contributed by atoms with Crippen LogP contribution in [0.15, 0.2) is 18.3 Å². The van der Waals surface area contributed by atoms with Gasteiger partial charge in [-0.1, -0.05) is 0 Å². The molecule has 1 N–H and O–H groups in total. The van der Waals surface area contributed by atoms with E-state index in [1.807, 2.05) is 0 Å². The minimum Gasteiger partial charge on any atom is -0.493 e. The third-order valence-corrected chi connectivity index (χ3v) is 3.58. The number of hydrogen-bond acceptors (Lipinski definition) is 2. The van der Waals surface area contributed by atoms with Gasteiger partial charge in [0.05, 0.1) is 19.3 Å². The summed E-state index contributed by atoms with van der Waals surface area (Å²) in [6.07, 6.45) is 4.29. The van der Waals surface area contributed by atoms with Crippen molar-refractivity contribution in [3.63, 3.8) is 0 Å². The summed E-state index contributed by atoms with van der Waals surface area (Å²) in [5, 5.41) is 1.33. The van der Waals surface area contributed by atoms with Crippen molar-refractivity contribution in [1.82, 2.24) is 4.98 Å². The highest BCUT2D eigenvalue weighted by molar-refractivity contribution is 5.89. The predicted molar refractivity (Wildman–Crippen MR) is 60.8 cm³/mol. The monoisotopic (exact) mass is 215 g/mol. The van der Waals surface area contributed by atoms with Crippen LogP contribution in [0.4, 0.5) is 0 Å². The average molecular weight is 215 g/mol. The van der Waals surface area contributed by atoms with Crippen molar-refractivity contribution in [3.8, 4) is 5.75 Å². The van der Waals surface area contributed by atoms with Gasteiger partial charge in [-0.05, 0) is 24.1 Å². The summed E-state index contributed by atoms with van der Waals surface area (Å²) in [6, 6.07) is 4.16. The second kappa shape index (κ2) is 3.01. The van der Waals surface area contributed by atoms with Gasteiger partial charge in [0.2, 0.25) is 0 Å². The summed E-state index contributed by atoms with van der Waals surface area (Å²) in [5.74, 6) is 1.01. The minimum absolute atomic E-state index is 0.226. The Morgan fingerprint density at radius 1 is 1.25 bits per heavy atom. The molecule has 1 unspecified atom stereocenters. The number of hydrogen-bond donors (Lipinski definition) is 1. The largest absolute Gasteiger partial charge is 0.493 e. The molecule has 2 aromatic rings. The lowest BCUT2D eigenvalue weighted by atomic mass is 9.97. The molecule has 0 radical (unpaired) electrons. The van der Waals surface area contributed by atoms with Crippen LogP contribution < -0.4 is 4.74 Å². The standard InChI is InChI=1S/C13H13NO2/c1-2-10-13-11(4-6-16-10)15-5-3-8-7-14-9(1)12(8)13/h1-2,7,11,14H,3-6H2. The summed E-state index contributed by atoms with van der Waals surface area (Å²) in [6.45, 7) is 1.58. The highest BCUT2D eigenvalue weighted by atomic mass is 16.5. The minimum atomic E-state index is 0.226. The third-order valence-electron chi connectivity index (χ3n) is 3.58. The van der Waals surface area contributed by atoms with Gasteiger partial charge in [0.25, 0.3) is 0 Å². The molecule has 1 aromatic heterocycles. The highest BCUT2D eigenvalue weighted by Gasteiger charge is 2.28. The van der Waals surface area contributed by atoms with Crippen LogP contribution in [-0.2, 0) is 11.2 Å². The molecule has 0 spiro atoms. The van der Waals surface area contributed by atoms with E-state index in [1.54, 1.807) is 0 Å². The van der Waals surface area contributed by atoms with E-state index in [1.165, 1.54) is 22.0 Å². The van der Waals surface area contributed by atoms with Gasteiger partial charge in [-0.25, -0.2) is 0 Å². The summed E-state index contributed by atoms with van der Waals surface area (Å²) in [7, 11) is 0. The van der Waals surface area contributed by atoms with Gasteiger partial charge >= 0.3 is 0 Å². The van der Waals surface area contributed by atoms with Gasteiger partial charge in [-0.2, -0.15) is 0 Å². The van der Waals surface area contributed by atoms with Crippen molar-refractivity contribution in [1.29, 1.82) is 0 Å². The lowest BCUT2D eigenvalue weighted by Crippen LogP contribution is -2.16. The molecule has 3 nitrogen and oxygen atoms in total. The summed E-state index contributed by atoms with van der Waals surface area (Å²) < 4.78 is 11.6. The normalized spacial score (nSPS) is 22.9. The van der Waals surface area contributed by atoms with Crippen molar-refractivity contribution in [2.45, 2.75) is 18.9 Å². The molecule has 0 bridgehead atoms. The fourth-order valence-electron chi connectivity index (χ4n) is 2.84. The second-order valence-electron chi connectivity index (χ2n) is 4.46. The number of aromatic amines is 1. The molecule has 0 saturated heterocycles. The van der Waals surface area contributed by atoms with E-state index < -0.39 is 0 Å². The van der Waals surface area contributed by atoms with E-state index in [2.05, 4.69) is 23.3 Å². The number of nitrogens with one attached hydrogen (secondary N) is 1. The molecule has 16 heavy (non-hydrogen) atoms. The maximum absolute atomic E-state index is 5.92. The molecule has 0 saturated carbocycles. The zero-order chi connectivity index (χ0) is 10.5. The highest BCUT2D eigenvalue weighted by Crippen LogP contribution is 2.42. The van der Waals surface area contributed by atoms with E-state index in [-0.39, 0.29) is 6.10 Å². The van der Waals surface area contributed by atoms with Crippen LogP contribution in [0.5, 0.6) is 5.75 Å². The Morgan fingerprint density at radius 3 is 3.25 bits per heavy atom. The zero-order valence-corrected chi connectivity index (χ0v) is 8.95. The lowest BCUT2D eigenvalue weighted by Gasteiger charge is -2.25. The Morgan fingerprint density at radius 2 is 2.25 bits per heavy atom. The Kier molecular flexibility index (Phi) is 1.63. The molecule has 0 fully saturated rings. The van der Waals surface area contributed by atoms with Gasteiger partial charge in [0.1, 0.15) is 5.75 Å². The summed E-state index contributed by atoms with van der Waals surface area (Å²) in [5.41, 5.74) is 3.83. The number of benzene rings is 1. The van der Waals surface area contributed by atoms with Gasteiger partial charge in [0.15, 0.2) is 0 Å². The number of aromatic nitrogens is 1. The Balaban J connectivity index is 2.13. The van der Waals surface area contributed by atoms with Crippen LogP contribution >= 0.6 is 0 Å². The van der Waals surface area contributed by atoms with Crippen LogP contribution in [0, 0.1) is 0 Å². The second-order valence-corrected chi connectivity index (χ2v) is 4.46. The quantitative estimate of drug-likeness (QED) is 0.732. The topological polar surface area (TPSA) is 34.2 Å². The number of ether oxygens (including phenoxy) is 2. The van der Waals surface area contributed by atoms with Crippen molar-refractivity contribution in [3.05, 3.63) is 29.5 Å². The van der Waals surface area contributed by atoms with E-state index in [0.29, 0.717) is 0 Å². The van der Waals surface area contributed by atoms with Gasteiger partial charge < -0.3 is 14.5 Å². The van der Waals surface area contributed by atoms with Gasteiger partial charge in [0, 0.05) is 29.1 Å². The first kappa shape index (κ1) is 8.65. The molecule has 1 aromatic carbocycles. The van der Waals surface area contributed by atoms with E-state index in [4.69, 9.17) is 9.47 Å². The van der Waals surface area contributed by atoms with Crippen LogP contribution in [0.3, 0.4) is 0 Å². The van der Waals surface area contributed by atoms with Crippen LogP contribution in [-0.4, -0.2) is 18.2 Å². The fourth-order valence-corrected chi connectivity index (χ4v) is 2.84. The van der Waals surface area contributed by atoms with E-state index >= 15 is 0 Å². The zero-order valence-electron chi connectivity index (χ0n) is 8.95. The maximum Gasteiger partial charge on any atom is 0.125 e. The van der Waals surface area contributed by atoms with Crippen molar-refractivity contribution >= 4 is 10.9 Å². The Hall–Kier alpha value is -1.48. The van der Waals surface area contributed by atoms with Gasteiger partial charge in [-0.15, -0.1) is 0 Å². The average Bonchev–Trinajstić information content (AvgIpc) is 2.64. The number of rotatable bonds is 0. The van der Waals surface area contributed by atoms with E-state index in [9.17, 15) is 0 Å². The number of H-pyrrole nitrogens is 1. The molecule has 0 amide bonds. The molecule has 2 aliphatic rings. The molecular formula is C13H13NO2. The molecule has 1 atom stereocenters. The third kappa shape index (κ3) is 1.01. The van der Waals surface area contributed by atoms with Crippen LogP contribution in [0.2, 0.25) is 0 Å². The van der Waals surface area contributed by atoms with Crippen molar-refractivity contribution < 1.29 is 9.47 Å². The SMILES string of the molecule is c1cc2[nH]cc3c2c2c1OCCC2OCC3. The molecule has 3 heterocycles. The first-order valence-electron chi connectivity index (χ1n) is 5.81. The Labute approximate surface area is 93.4 Å². The van der Waals surface area contributed by atoms with Crippen molar-refractivity contribution in [2.24, 2.45) is 0 Å². The first-order chi connectivity index (χ1) is 7.93. The fraction of sp³-hybridized carbons (Fsp3) is 0.385. The maximum atomic E-state index is 5.92. The van der Waals surface area contributed by atoms with Crippen LogP contribution in [0.25, 0.3) is 10.9 Å². The Bertz CT molecular complexity index is 558. The molecule has 4 rings (SSSR count). The van der Waals surface area contributed by atoms with Crippen molar-refractivity contribution in [2.75, 3.05) is 13.2 Å². The smallest absolute Gasteiger partial charge is 0.125 e. The van der Waals surface area contributed by atoms with Gasteiger partial charge in [-0.3, -0.25) is 0 Å². The molecular weight excluding hydrogens is 202 g/mol.